The summed E-state index contributed by atoms with van der Waals surface area (Å²) in [6.45, 7) is 2.83. The molecule has 0 bridgehead atoms. The molecule has 108 valence electrons. The third kappa shape index (κ3) is 2.77. The topological polar surface area (TPSA) is 46.3 Å². The number of carbonyl (C=O) groups is 1. The molecular formula is C18H20N2O. The van der Waals surface area contributed by atoms with Crippen molar-refractivity contribution in [2.45, 2.75) is 26.2 Å². The summed E-state index contributed by atoms with van der Waals surface area (Å²) in [6.07, 6.45) is 2.37. The number of hydrogen-bond acceptors (Lipinski definition) is 2. The highest BCUT2D eigenvalue weighted by Crippen LogP contribution is 2.31. The summed E-state index contributed by atoms with van der Waals surface area (Å²) in [5, 5.41) is 0. The first-order valence-electron chi connectivity index (χ1n) is 7.38. The van der Waals surface area contributed by atoms with Crippen molar-refractivity contribution in [2.24, 2.45) is 0 Å². The van der Waals surface area contributed by atoms with E-state index in [9.17, 15) is 4.79 Å². The number of rotatable bonds is 2. The predicted octanol–water partition coefficient (Wildman–Crippen LogP) is 3.10. The number of carbonyl (C=O) groups excluding carboxylic acids is 1. The highest BCUT2D eigenvalue weighted by Gasteiger charge is 2.23. The smallest absolute Gasteiger partial charge is 0.231 e. The SMILES string of the molecule is Cc1cccc(CC(=O)N2CCCc3c(N)cccc32)c1. The Kier molecular flexibility index (Phi) is 3.65. The number of benzene rings is 2. The highest BCUT2D eigenvalue weighted by atomic mass is 16.2. The number of anilines is 2. The van der Waals surface area contributed by atoms with Gasteiger partial charge in [0.1, 0.15) is 0 Å². The van der Waals surface area contributed by atoms with Gasteiger partial charge in [-0.2, -0.15) is 0 Å². The van der Waals surface area contributed by atoms with Gasteiger partial charge in [0.15, 0.2) is 0 Å². The number of aryl methyl sites for hydroxylation is 1. The van der Waals surface area contributed by atoms with Gasteiger partial charge in [-0.25, -0.2) is 0 Å². The van der Waals surface area contributed by atoms with Gasteiger partial charge in [0, 0.05) is 17.9 Å². The Hall–Kier alpha value is -2.29. The fraction of sp³-hybridized carbons (Fsp3) is 0.278. The molecule has 0 aliphatic carbocycles. The van der Waals surface area contributed by atoms with Crippen LogP contribution in [0.4, 0.5) is 11.4 Å². The van der Waals surface area contributed by atoms with Gasteiger partial charge in [-0.3, -0.25) is 4.79 Å². The summed E-state index contributed by atoms with van der Waals surface area (Å²) in [4.78, 5) is 14.5. The number of nitrogens with two attached hydrogens (primary N) is 1. The van der Waals surface area contributed by atoms with Crippen molar-refractivity contribution in [3.63, 3.8) is 0 Å². The second kappa shape index (κ2) is 5.60. The normalized spacial score (nSPS) is 13.9. The number of fused-ring (bicyclic) bond motifs is 1. The Morgan fingerprint density at radius 1 is 1.24 bits per heavy atom. The Labute approximate surface area is 125 Å². The van der Waals surface area contributed by atoms with Gasteiger partial charge in [0.25, 0.3) is 0 Å². The number of nitrogen functional groups attached to an aromatic ring is 1. The number of hydrogen-bond donors (Lipinski definition) is 1. The molecule has 0 unspecified atom stereocenters. The third-order valence-corrected chi connectivity index (χ3v) is 4.03. The first kappa shape index (κ1) is 13.7. The molecule has 2 N–H and O–H groups in total. The summed E-state index contributed by atoms with van der Waals surface area (Å²) in [5.74, 6) is 0.146. The molecule has 2 aromatic carbocycles. The van der Waals surface area contributed by atoms with Crippen LogP contribution in [0.3, 0.4) is 0 Å². The lowest BCUT2D eigenvalue weighted by Gasteiger charge is -2.30. The Balaban J connectivity index is 1.85. The van der Waals surface area contributed by atoms with E-state index in [1.807, 2.05) is 48.2 Å². The minimum Gasteiger partial charge on any atom is -0.398 e. The van der Waals surface area contributed by atoms with Crippen LogP contribution in [-0.4, -0.2) is 12.5 Å². The Bertz CT molecular complexity index is 679. The number of nitrogens with zero attached hydrogens (tertiary/aromatic N) is 1. The van der Waals surface area contributed by atoms with E-state index in [0.29, 0.717) is 6.42 Å². The maximum atomic E-state index is 12.6. The van der Waals surface area contributed by atoms with Gasteiger partial charge in [-0.05, 0) is 43.0 Å². The summed E-state index contributed by atoms with van der Waals surface area (Å²) in [5.41, 5.74) is 11.2. The maximum Gasteiger partial charge on any atom is 0.231 e. The first-order valence-corrected chi connectivity index (χ1v) is 7.38. The van der Waals surface area contributed by atoms with Crippen LogP contribution in [0, 0.1) is 6.92 Å². The van der Waals surface area contributed by atoms with Crippen molar-refractivity contribution in [3.05, 3.63) is 59.2 Å². The van der Waals surface area contributed by atoms with Crippen molar-refractivity contribution < 1.29 is 4.79 Å². The monoisotopic (exact) mass is 280 g/mol. The standard InChI is InChI=1S/C18H20N2O/c1-13-5-2-6-14(11-13)12-18(21)20-10-4-7-15-16(19)8-3-9-17(15)20/h2-3,5-6,8-9,11H,4,7,10,12,19H2,1H3. The van der Waals surface area contributed by atoms with E-state index in [1.54, 1.807) is 0 Å². The van der Waals surface area contributed by atoms with Crippen molar-refractivity contribution in [2.75, 3.05) is 17.2 Å². The largest absolute Gasteiger partial charge is 0.398 e. The lowest BCUT2D eigenvalue weighted by atomic mass is 9.99. The van der Waals surface area contributed by atoms with Crippen LogP contribution >= 0.6 is 0 Å². The fourth-order valence-corrected chi connectivity index (χ4v) is 3.00. The molecule has 0 aromatic heterocycles. The Morgan fingerprint density at radius 3 is 2.86 bits per heavy atom. The molecule has 3 nitrogen and oxygen atoms in total. The summed E-state index contributed by atoms with van der Waals surface area (Å²) in [6, 6.07) is 14.0. The van der Waals surface area contributed by atoms with Crippen LogP contribution in [0.5, 0.6) is 0 Å². The average Bonchev–Trinajstić information content (AvgIpc) is 2.47. The van der Waals surface area contributed by atoms with Crippen LogP contribution in [0.15, 0.2) is 42.5 Å². The van der Waals surface area contributed by atoms with Gasteiger partial charge in [0.2, 0.25) is 5.91 Å². The Morgan fingerprint density at radius 2 is 2.05 bits per heavy atom. The molecule has 3 rings (SSSR count). The zero-order valence-corrected chi connectivity index (χ0v) is 12.3. The molecule has 0 spiro atoms. The zero-order chi connectivity index (χ0) is 14.8. The third-order valence-electron chi connectivity index (χ3n) is 4.03. The summed E-state index contributed by atoms with van der Waals surface area (Å²) >= 11 is 0. The maximum absolute atomic E-state index is 12.6. The van der Waals surface area contributed by atoms with E-state index in [1.165, 1.54) is 5.56 Å². The molecule has 1 amide bonds. The molecule has 3 heteroatoms. The van der Waals surface area contributed by atoms with Gasteiger partial charge in [-0.15, -0.1) is 0 Å². The number of amides is 1. The van der Waals surface area contributed by atoms with E-state index in [0.717, 1.165) is 41.9 Å². The molecule has 0 radical (unpaired) electrons. The highest BCUT2D eigenvalue weighted by molar-refractivity contribution is 5.96. The van der Waals surface area contributed by atoms with Crippen LogP contribution in [0.25, 0.3) is 0 Å². The molecule has 0 atom stereocenters. The van der Waals surface area contributed by atoms with Gasteiger partial charge in [0.05, 0.1) is 6.42 Å². The summed E-state index contributed by atoms with van der Waals surface area (Å²) < 4.78 is 0. The molecular weight excluding hydrogens is 260 g/mol. The average molecular weight is 280 g/mol. The van der Waals surface area contributed by atoms with E-state index in [4.69, 9.17) is 5.73 Å². The summed E-state index contributed by atoms with van der Waals surface area (Å²) in [7, 11) is 0. The molecule has 1 heterocycles. The molecule has 0 fully saturated rings. The lowest BCUT2D eigenvalue weighted by Crippen LogP contribution is -2.36. The zero-order valence-electron chi connectivity index (χ0n) is 12.3. The molecule has 0 saturated heterocycles. The first-order chi connectivity index (χ1) is 10.1. The molecule has 0 saturated carbocycles. The van der Waals surface area contributed by atoms with Gasteiger partial charge in [-0.1, -0.05) is 35.9 Å². The van der Waals surface area contributed by atoms with Crippen LogP contribution in [0.2, 0.25) is 0 Å². The van der Waals surface area contributed by atoms with E-state index in [-0.39, 0.29) is 5.91 Å². The molecule has 2 aromatic rings. The second-order valence-electron chi connectivity index (χ2n) is 5.66. The van der Waals surface area contributed by atoms with Crippen molar-refractivity contribution in [1.29, 1.82) is 0 Å². The van der Waals surface area contributed by atoms with E-state index < -0.39 is 0 Å². The minimum absolute atomic E-state index is 0.146. The predicted molar refractivity (Wildman–Crippen MR) is 86.4 cm³/mol. The second-order valence-corrected chi connectivity index (χ2v) is 5.66. The van der Waals surface area contributed by atoms with Crippen molar-refractivity contribution >= 4 is 17.3 Å². The minimum atomic E-state index is 0.146. The van der Waals surface area contributed by atoms with Crippen molar-refractivity contribution in [1.82, 2.24) is 0 Å². The van der Waals surface area contributed by atoms with E-state index in [2.05, 4.69) is 6.07 Å². The van der Waals surface area contributed by atoms with Gasteiger partial charge < -0.3 is 10.6 Å². The molecule has 1 aliphatic heterocycles. The molecule has 21 heavy (non-hydrogen) atoms. The van der Waals surface area contributed by atoms with E-state index >= 15 is 0 Å². The van der Waals surface area contributed by atoms with Crippen molar-refractivity contribution in [3.8, 4) is 0 Å². The quantitative estimate of drug-likeness (QED) is 0.859. The van der Waals surface area contributed by atoms with Gasteiger partial charge >= 0.3 is 0 Å². The van der Waals surface area contributed by atoms with Crippen LogP contribution in [0.1, 0.15) is 23.1 Å². The van der Waals surface area contributed by atoms with Crippen LogP contribution < -0.4 is 10.6 Å². The van der Waals surface area contributed by atoms with Crippen LogP contribution in [-0.2, 0) is 17.6 Å². The lowest BCUT2D eigenvalue weighted by molar-refractivity contribution is -0.118. The fourth-order valence-electron chi connectivity index (χ4n) is 3.00. The molecule has 1 aliphatic rings.